The number of nitrogens with one attached hydrogen (secondary N) is 1. The summed E-state index contributed by atoms with van der Waals surface area (Å²) in [6, 6.07) is 13.2. The van der Waals surface area contributed by atoms with E-state index in [1.807, 2.05) is 23.6 Å². The Kier molecular flexibility index (Phi) is 7.71. The van der Waals surface area contributed by atoms with Crippen LogP contribution in [-0.2, 0) is 16.0 Å². The highest BCUT2D eigenvalue weighted by molar-refractivity contribution is 5.93. The van der Waals surface area contributed by atoms with Gasteiger partial charge in [-0.1, -0.05) is 6.07 Å². The number of benzene rings is 2. The molecule has 8 heteroatoms. The zero-order chi connectivity index (χ0) is 24.0. The van der Waals surface area contributed by atoms with Gasteiger partial charge in [0.25, 0.3) is 5.91 Å². The van der Waals surface area contributed by atoms with E-state index in [0.29, 0.717) is 35.7 Å². The Labute approximate surface area is 192 Å². The fourth-order valence-corrected chi connectivity index (χ4v) is 3.60. The third kappa shape index (κ3) is 5.71. The Morgan fingerprint density at radius 3 is 2.33 bits per heavy atom. The standard InChI is InChI=1S/C25H27FN2O5/c1-16-13-21(17(2)28(16)20-8-6-19(26)7-9-20)25(30)33-15-24(29)27-12-11-18-5-10-22(31-3)23(14-18)32-4/h5-10,13-14H,11-12,15H2,1-4H3,(H,27,29). The molecule has 1 amide bonds. The molecule has 2 aromatic carbocycles. The molecule has 0 radical (unpaired) electrons. The molecule has 1 aromatic heterocycles. The van der Waals surface area contributed by atoms with Crippen LogP contribution in [0.2, 0.25) is 0 Å². The summed E-state index contributed by atoms with van der Waals surface area (Å²) in [5, 5.41) is 2.74. The summed E-state index contributed by atoms with van der Waals surface area (Å²) >= 11 is 0. The van der Waals surface area contributed by atoms with Crippen molar-refractivity contribution in [1.29, 1.82) is 0 Å². The van der Waals surface area contributed by atoms with E-state index in [1.54, 1.807) is 45.4 Å². The topological polar surface area (TPSA) is 78.8 Å². The van der Waals surface area contributed by atoms with E-state index in [-0.39, 0.29) is 12.4 Å². The molecular formula is C25H27FN2O5. The summed E-state index contributed by atoms with van der Waals surface area (Å²) in [7, 11) is 3.13. The highest BCUT2D eigenvalue weighted by atomic mass is 19.1. The lowest BCUT2D eigenvalue weighted by molar-refractivity contribution is -0.124. The Morgan fingerprint density at radius 1 is 0.970 bits per heavy atom. The molecule has 0 saturated carbocycles. The molecule has 0 aliphatic rings. The van der Waals surface area contributed by atoms with Gasteiger partial charge < -0.3 is 24.1 Å². The minimum Gasteiger partial charge on any atom is -0.493 e. The van der Waals surface area contributed by atoms with Gasteiger partial charge in [0, 0.05) is 23.6 Å². The Balaban J connectivity index is 1.53. The predicted octanol–water partition coefficient (Wildman–Crippen LogP) is 3.77. The number of methoxy groups -OCH3 is 2. The van der Waals surface area contributed by atoms with Crippen LogP contribution >= 0.6 is 0 Å². The number of aromatic nitrogens is 1. The number of nitrogens with zero attached hydrogens (tertiary/aromatic N) is 1. The fourth-order valence-electron chi connectivity index (χ4n) is 3.60. The second kappa shape index (κ2) is 10.7. The number of hydrogen-bond acceptors (Lipinski definition) is 5. The van der Waals surface area contributed by atoms with Gasteiger partial charge in [-0.15, -0.1) is 0 Å². The molecule has 0 spiro atoms. The normalized spacial score (nSPS) is 10.6. The van der Waals surface area contributed by atoms with Crippen LogP contribution in [0.5, 0.6) is 11.5 Å². The monoisotopic (exact) mass is 454 g/mol. The summed E-state index contributed by atoms with van der Waals surface area (Å²) in [6.45, 7) is 3.61. The van der Waals surface area contributed by atoms with Crippen molar-refractivity contribution in [2.45, 2.75) is 20.3 Å². The maximum absolute atomic E-state index is 13.2. The molecule has 0 fully saturated rings. The van der Waals surface area contributed by atoms with Crippen molar-refractivity contribution < 1.29 is 28.2 Å². The first-order valence-corrected chi connectivity index (χ1v) is 10.4. The van der Waals surface area contributed by atoms with E-state index in [0.717, 1.165) is 16.9 Å². The first-order valence-electron chi connectivity index (χ1n) is 10.4. The Hall–Kier alpha value is -3.81. The molecule has 0 atom stereocenters. The smallest absolute Gasteiger partial charge is 0.340 e. The zero-order valence-electron chi connectivity index (χ0n) is 19.1. The molecule has 7 nitrogen and oxygen atoms in total. The molecule has 1 N–H and O–H groups in total. The van der Waals surface area contributed by atoms with Crippen LogP contribution in [0.25, 0.3) is 5.69 Å². The van der Waals surface area contributed by atoms with Crippen LogP contribution in [0.15, 0.2) is 48.5 Å². The molecule has 174 valence electrons. The molecule has 0 aliphatic heterocycles. The van der Waals surface area contributed by atoms with Crippen molar-refractivity contribution in [1.82, 2.24) is 9.88 Å². The van der Waals surface area contributed by atoms with Crippen molar-refractivity contribution >= 4 is 11.9 Å². The number of esters is 1. The maximum Gasteiger partial charge on any atom is 0.340 e. The fraction of sp³-hybridized carbons (Fsp3) is 0.280. The minimum absolute atomic E-state index is 0.335. The predicted molar refractivity (Wildman–Crippen MR) is 122 cm³/mol. The third-order valence-corrected chi connectivity index (χ3v) is 5.25. The molecule has 0 unspecified atom stereocenters. The van der Waals surface area contributed by atoms with E-state index < -0.39 is 11.9 Å². The van der Waals surface area contributed by atoms with Crippen molar-refractivity contribution in [3.63, 3.8) is 0 Å². The lowest BCUT2D eigenvalue weighted by atomic mass is 10.1. The quantitative estimate of drug-likeness (QED) is 0.498. The second-order valence-electron chi connectivity index (χ2n) is 7.46. The molecule has 33 heavy (non-hydrogen) atoms. The van der Waals surface area contributed by atoms with Crippen molar-refractivity contribution in [3.8, 4) is 17.2 Å². The van der Waals surface area contributed by atoms with Gasteiger partial charge in [-0.2, -0.15) is 0 Å². The van der Waals surface area contributed by atoms with Gasteiger partial charge >= 0.3 is 5.97 Å². The van der Waals surface area contributed by atoms with E-state index in [9.17, 15) is 14.0 Å². The summed E-state index contributed by atoms with van der Waals surface area (Å²) < 4.78 is 30.8. The van der Waals surface area contributed by atoms with E-state index in [2.05, 4.69) is 5.32 Å². The number of halogens is 1. The molecule has 0 saturated heterocycles. The van der Waals surface area contributed by atoms with Gasteiger partial charge in [-0.3, -0.25) is 4.79 Å². The second-order valence-corrected chi connectivity index (χ2v) is 7.46. The van der Waals surface area contributed by atoms with Crippen LogP contribution in [0.4, 0.5) is 4.39 Å². The van der Waals surface area contributed by atoms with Crippen LogP contribution in [0.3, 0.4) is 0 Å². The number of aryl methyl sites for hydroxylation is 1. The number of rotatable bonds is 9. The Morgan fingerprint density at radius 2 is 1.67 bits per heavy atom. The van der Waals surface area contributed by atoms with E-state index >= 15 is 0 Å². The number of carbonyl (C=O) groups excluding carboxylic acids is 2. The van der Waals surface area contributed by atoms with Crippen molar-refractivity contribution in [3.05, 3.63) is 76.9 Å². The molecule has 3 aromatic rings. The largest absolute Gasteiger partial charge is 0.493 e. The summed E-state index contributed by atoms with van der Waals surface area (Å²) in [6.07, 6.45) is 0.582. The molecule has 3 rings (SSSR count). The van der Waals surface area contributed by atoms with Crippen molar-refractivity contribution in [2.75, 3.05) is 27.4 Å². The van der Waals surface area contributed by atoms with E-state index in [4.69, 9.17) is 14.2 Å². The Bertz CT molecular complexity index is 1140. The SMILES string of the molecule is COc1ccc(CCNC(=O)COC(=O)c2cc(C)n(-c3ccc(F)cc3)c2C)cc1OC. The van der Waals surface area contributed by atoms with Gasteiger partial charge in [-0.25, -0.2) is 9.18 Å². The number of hydrogen-bond donors (Lipinski definition) is 1. The molecule has 0 aliphatic carbocycles. The lowest BCUT2D eigenvalue weighted by Gasteiger charge is -2.11. The van der Waals surface area contributed by atoms with Gasteiger partial charge in [0.1, 0.15) is 5.82 Å². The van der Waals surface area contributed by atoms with Crippen molar-refractivity contribution in [2.24, 2.45) is 0 Å². The summed E-state index contributed by atoms with van der Waals surface area (Å²) in [4.78, 5) is 24.7. The van der Waals surface area contributed by atoms with Crippen LogP contribution in [0, 0.1) is 19.7 Å². The van der Waals surface area contributed by atoms with E-state index in [1.165, 1.54) is 12.1 Å². The third-order valence-electron chi connectivity index (χ3n) is 5.25. The summed E-state index contributed by atoms with van der Waals surface area (Å²) in [5.41, 5.74) is 3.51. The average molecular weight is 454 g/mol. The van der Waals surface area contributed by atoms with Crippen LogP contribution < -0.4 is 14.8 Å². The zero-order valence-corrected chi connectivity index (χ0v) is 19.1. The molecule has 0 bridgehead atoms. The first-order chi connectivity index (χ1) is 15.8. The summed E-state index contributed by atoms with van der Waals surface area (Å²) in [5.74, 6) is -0.0647. The van der Waals surface area contributed by atoms with Gasteiger partial charge in [-0.05, 0) is 68.3 Å². The highest BCUT2D eigenvalue weighted by Gasteiger charge is 2.19. The number of ether oxygens (including phenoxy) is 3. The average Bonchev–Trinajstić information content (AvgIpc) is 3.11. The number of amides is 1. The molecule has 1 heterocycles. The highest BCUT2D eigenvalue weighted by Crippen LogP contribution is 2.27. The number of carbonyl (C=O) groups is 2. The van der Waals surface area contributed by atoms with Crippen LogP contribution in [-0.4, -0.2) is 43.8 Å². The van der Waals surface area contributed by atoms with Gasteiger partial charge in [0.2, 0.25) is 0 Å². The van der Waals surface area contributed by atoms with Gasteiger partial charge in [0.05, 0.1) is 19.8 Å². The molecular weight excluding hydrogens is 427 g/mol. The van der Waals surface area contributed by atoms with Gasteiger partial charge in [0.15, 0.2) is 18.1 Å². The van der Waals surface area contributed by atoms with Crippen LogP contribution in [0.1, 0.15) is 27.3 Å². The first kappa shape index (κ1) is 23.8. The minimum atomic E-state index is -0.591. The lowest BCUT2D eigenvalue weighted by Crippen LogP contribution is -2.30. The maximum atomic E-state index is 13.2.